The first-order valence-electron chi connectivity index (χ1n) is 10.1. The van der Waals surface area contributed by atoms with Gasteiger partial charge < -0.3 is 4.74 Å². The molecule has 0 saturated carbocycles. The first kappa shape index (κ1) is 24.1. The lowest BCUT2D eigenvalue weighted by Crippen LogP contribution is -2.45. The molecule has 1 N–H and O–H groups in total. The summed E-state index contributed by atoms with van der Waals surface area (Å²) in [6, 6.07) is 2.15. The molecular formula is C22H27N3O5S2. The average molecular weight is 478 g/mol. The number of sulfonamides is 1. The number of nitrogens with zero attached hydrogens (tertiary/aromatic N) is 2. The van der Waals surface area contributed by atoms with Crippen LogP contribution in [0.5, 0.6) is 0 Å². The summed E-state index contributed by atoms with van der Waals surface area (Å²) >= 11 is 1.29. The number of aromatic nitrogens is 2. The minimum absolute atomic E-state index is 0.186. The SMILES string of the molecule is Cc1cc(C)c(C)c(S(=O)(=O)N[C@H](C(=O)OCc2cc(=O)n3ccsc3n2)C(C)C)c1C. The summed E-state index contributed by atoms with van der Waals surface area (Å²) in [5.41, 5.74) is 3.04. The minimum Gasteiger partial charge on any atom is -0.458 e. The molecule has 32 heavy (non-hydrogen) atoms. The Labute approximate surface area is 191 Å². The number of hydrogen-bond donors (Lipinski definition) is 1. The zero-order chi connectivity index (χ0) is 23.8. The van der Waals surface area contributed by atoms with Crippen LogP contribution < -0.4 is 10.3 Å². The van der Waals surface area contributed by atoms with Gasteiger partial charge in [0.15, 0.2) is 4.96 Å². The van der Waals surface area contributed by atoms with Crippen LogP contribution in [0.2, 0.25) is 0 Å². The fraction of sp³-hybridized carbons (Fsp3) is 0.409. The maximum absolute atomic E-state index is 13.3. The Bertz CT molecular complexity index is 1310. The Morgan fingerprint density at radius 1 is 1.16 bits per heavy atom. The highest BCUT2D eigenvalue weighted by molar-refractivity contribution is 7.89. The summed E-state index contributed by atoms with van der Waals surface area (Å²) in [4.78, 5) is 29.9. The molecule has 0 unspecified atom stereocenters. The lowest BCUT2D eigenvalue weighted by atomic mass is 10.0. The summed E-state index contributed by atoms with van der Waals surface area (Å²) in [6.45, 7) is 10.5. The standard InChI is InChI=1S/C22H27N3O5S2/c1-12(2)19(24-32(28,29)20-15(5)13(3)9-14(4)16(20)6)21(27)30-11-17-10-18(26)25-7-8-31-22(25)23-17/h7-10,12,19,24H,11H2,1-6H3/t19-/m0/s1. The molecule has 3 aromatic rings. The first-order chi connectivity index (χ1) is 14.9. The largest absolute Gasteiger partial charge is 0.458 e. The van der Waals surface area contributed by atoms with Gasteiger partial charge in [-0.15, -0.1) is 11.3 Å². The van der Waals surface area contributed by atoms with E-state index < -0.39 is 22.0 Å². The fourth-order valence-corrected chi connectivity index (χ4v) is 6.15. The van der Waals surface area contributed by atoms with Crippen molar-refractivity contribution in [1.29, 1.82) is 0 Å². The Morgan fingerprint density at radius 2 is 1.78 bits per heavy atom. The summed E-state index contributed by atoms with van der Waals surface area (Å²) in [5, 5.41) is 1.74. The van der Waals surface area contributed by atoms with Gasteiger partial charge in [0.1, 0.15) is 12.6 Å². The molecule has 1 aromatic carbocycles. The van der Waals surface area contributed by atoms with Gasteiger partial charge in [-0.2, -0.15) is 4.72 Å². The molecule has 0 aliphatic rings. The number of thiazole rings is 1. The molecule has 1 atom stereocenters. The number of carbonyl (C=O) groups is 1. The van der Waals surface area contributed by atoms with Gasteiger partial charge in [0.05, 0.1) is 10.6 Å². The molecular weight excluding hydrogens is 450 g/mol. The molecule has 2 aromatic heterocycles. The van der Waals surface area contributed by atoms with Crippen molar-refractivity contribution in [2.24, 2.45) is 5.92 Å². The van der Waals surface area contributed by atoms with Crippen LogP contribution in [0.3, 0.4) is 0 Å². The second-order valence-electron chi connectivity index (χ2n) is 8.18. The molecule has 0 spiro atoms. The third-order valence-electron chi connectivity index (χ3n) is 5.49. The van der Waals surface area contributed by atoms with Crippen LogP contribution in [0.25, 0.3) is 4.96 Å². The molecule has 2 heterocycles. The Balaban J connectivity index is 1.83. The van der Waals surface area contributed by atoms with Crippen molar-refractivity contribution in [3.8, 4) is 0 Å². The highest BCUT2D eigenvalue weighted by atomic mass is 32.2. The van der Waals surface area contributed by atoms with Gasteiger partial charge in [0.2, 0.25) is 10.0 Å². The van der Waals surface area contributed by atoms with Crippen LogP contribution in [0, 0.1) is 33.6 Å². The molecule has 0 saturated heterocycles. The van der Waals surface area contributed by atoms with Gasteiger partial charge in [-0.05, 0) is 55.9 Å². The van der Waals surface area contributed by atoms with E-state index in [2.05, 4.69) is 9.71 Å². The van der Waals surface area contributed by atoms with Gasteiger partial charge in [-0.3, -0.25) is 14.0 Å². The van der Waals surface area contributed by atoms with E-state index in [1.165, 1.54) is 21.8 Å². The monoisotopic (exact) mass is 477 g/mol. The van der Waals surface area contributed by atoms with Gasteiger partial charge in [-0.25, -0.2) is 13.4 Å². The number of ether oxygens (including phenoxy) is 1. The highest BCUT2D eigenvalue weighted by Gasteiger charge is 2.32. The molecule has 0 radical (unpaired) electrons. The number of fused-ring (bicyclic) bond motifs is 1. The van der Waals surface area contributed by atoms with E-state index in [-0.39, 0.29) is 23.0 Å². The van der Waals surface area contributed by atoms with E-state index in [4.69, 9.17) is 4.74 Å². The van der Waals surface area contributed by atoms with Crippen LogP contribution in [0.1, 0.15) is 41.8 Å². The molecule has 8 nitrogen and oxygen atoms in total. The highest BCUT2D eigenvalue weighted by Crippen LogP contribution is 2.26. The van der Waals surface area contributed by atoms with Crippen molar-refractivity contribution in [2.75, 3.05) is 0 Å². The van der Waals surface area contributed by atoms with Crippen molar-refractivity contribution < 1.29 is 17.9 Å². The predicted molar refractivity (Wildman–Crippen MR) is 123 cm³/mol. The van der Waals surface area contributed by atoms with Crippen molar-refractivity contribution in [3.05, 3.63) is 62.0 Å². The van der Waals surface area contributed by atoms with E-state index in [0.717, 1.165) is 11.1 Å². The Morgan fingerprint density at radius 3 is 2.38 bits per heavy atom. The van der Waals surface area contributed by atoms with Crippen molar-refractivity contribution in [1.82, 2.24) is 14.1 Å². The predicted octanol–water partition coefficient (Wildman–Crippen LogP) is 3.04. The maximum Gasteiger partial charge on any atom is 0.324 e. The third-order valence-corrected chi connectivity index (χ3v) is 7.96. The third kappa shape index (κ3) is 4.77. The summed E-state index contributed by atoms with van der Waals surface area (Å²) in [7, 11) is -3.98. The zero-order valence-corrected chi connectivity index (χ0v) is 20.6. The smallest absolute Gasteiger partial charge is 0.324 e. The maximum atomic E-state index is 13.3. The lowest BCUT2D eigenvalue weighted by molar-refractivity contribution is -0.148. The van der Waals surface area contributed by atoms with Gasteiger partial charge in [-0.1, -0.05) is 19.9 Å². The van der Waals surface area contributed by atoms with Crippen LogP contribution in [-0.4, -0.2) is 29.8 Å². The summed E-state index contributed by atoms with van der Waals surface area (Å²) in [6.07, 6.45) is 1.62. The molecule has 0 fully saturated rings. The van der Waals surface area contributed by atoms with E-state index in [1.807, 2.05) is 19.9 Å². The zero-order valence-electron chi connectivity index (χ0n) is 18.9. The topological polar surface area (TPSA) is 107 Å². The number of hydrogen-bond acceptors (Lipinski definition) is 7. The van der Waals surface area contributed by atoms with Crippen LogP contribution in [-0.2, 0) is 26.2 Å². The number of benzene rings is 1. The minimum atomic E-state index is -3.98. The van der Waals surface area contributed by atoms with Crippen molar-refractivity contribution >= 4 is 32.3 Å². The van der Waals surface area contributed by atoms with Crippen LogP contribution in [0.4, 0.5) is 0 Å². The number of carbonyl (C=O) groups excluding carboxylic acids is 1. The molecule has 10 heteroatoms. The van der Waals surface area contributed by atoms with E-state index in [1.54, 1.807) is 39.3 Å². The number of nitrogens with one attached hydrogen (secondary N) is 1. The molecule has 172 valence electrons. The van der Waals surface area contributed by atoms with Crippen LogP contribution in [0.15, 0.2) is 33.4 Å². The van der Waals surface area contributed by atoms with Gasteiger partial charge in [0.25, 0.3) is 5.56 Å². The van der Waals surface area contributed by atoms with Crippen molar-refractivity contribution in [3.63, 3.8) is 0 Å². The molecule has 0 aliphatic carbocycles. The normalized spacial score (nSPS) is 13.0. The van der Waals surface area contributed by atoms with E-state index in [9.17, 15) is 18.0 Å². The fourth-order valence-electron chi connectivity index (χ4n) is 3.46. The molecule has 0 aliphatic heterocycles. The quantitative estimate of drug-likeness (QED) is 0.524. The van der Waals surface area contributed by atoms with Gasteiger partial charge in [0, 0.05) is 17.6 Å². The van der Waals surface area contributed by atoms with Gasteiger partial charge >= 0.3 is 5.97 Å². The van der Waals surface area contributed by atoms with Crippen molar-refractivity contribution in [2.45, 2.75) is 59.1 Å². The van der Waals surface area contributed by atoms with Crippen LogP contribution >= 0.6 is 11.3 Å². The Hall–Kier alpha value is -2.56. The van der Waals surface area contributed by atoms with E-state index >= 15 is 0 Å². The molecule has 0 amide bonds. The summed E-state index contributed by atoms with van der Waals surface area (Å²) in [5.74, 6) is -1.08. The number of esters is 1. The summed E-state index contributed by atoms with van der Waals surface area (Å²) < 4.78 is 35.8. The molecule has 3 rings (SSSR count). The second-order valence-corrected chi connectivity index (χ2v) is 10.7. The van der Waals surface area contributed by atoms with E-state index in [0.29, 0.717) is 21.8 Å². The molecule has 0 bridgehead atoms. The Kier molecular flexibility index (Phi) is 6.87. The average Bonchev–Trinajstić information content (AvgIpc) is 3.18. The second kappa shape index (κ2) is 9.13. The first-order valence-corrected chi connectivity index (χ1v) is 12.5. The lowest BCUT2D eigenvalue weighted by Gasteiger charge is -2.23. The number of aryl methyl sites for hydroxylation is 2. The number of rotatable bonds is 7.